The second-order valence-corrected chi connectivity index (χ2v) is 7.85. The Hall–Kier alpha value is -3.55. The molecule has 0 aliphatic carbocycles. The molecule has 0 unspecified atom stereocenters. The number of benzene rings is 5. The molecular weight excluding hydrogens is 388 g/mol. The minimum atomic E-state index is 0.732. The smallest absolute Gasteiger partial charge is 0.136 e. The number of hydrogen-bond acceptors (Lipinski definition) is 1. The Morgan fingerprint density at radius 3 is 1.97 bits per heavy atom. The normalized spacial score (nSPS) is 11.5. The van der Waals surface area contributed by atoms with Crippen molar-refractivity contribution in [1.29, 1.82) is 0 Å². The lowest BCUT2D eigenvalue weighted by Crippen LogP contribution is -1.86. The fourth-order valence-corrected chi connectivity index (χ4v) is 4.76. The Morgan fingerprint density at radius 1 is 0.467 bits per heavy atom. The first-order valence-corrected chi connectivity index (χ1v) is 10.4. The molecule has 30 heavy (non-hydrogen) atoms. The molecule has 0 amide bonds. The number of rotatable bonds is 2. The molecule has 1 nitrogen and oxygen atoms in total. The summed E-state index contributed by atoms with van der Waals surface area (Å²) in [6, 6.07) is 35.5. The Labute approximate surface area is 179 Å². The zero-order chi connectivity index (χ0) is 20.1. The number of para-hydroxylation sites is 1. The lowest BCUT2D eigenvalue weighted by atomic mass is 9.92. The molecule has 1 heterocycles. The first-order chi connectivity index (χ1) is 14.8. The second kappa shape index (κ2) is 6.76. The highest BCUT2D eigenvalue weighted by molar-refractivity contribution is 6.40. The average molecular weight is 405 g/mol. The van der Waals surface area contributed by atoms with Gasteiger partial charge in [0.15, 0.2) is 0 Å². The average Bonchev–Trinajstić information content (AvgIpc) is 3.19. The van der Waals surface area contributed by atoms with Crippen LogP contribution in [-0.4, -0.2) is 0 Å². The van der Waals surface area contributed by atoms with E-state index in [4.69, 9.17) is 16.0 Å². The summed E-state index contributed by atoms with van der Waals surface area (Å²) < 4.78 is 6.00. The molecule has 2 heteroatoms. The van der Waals surface area contributed by atoms with Gasteiger partial charge in [0, 0.05) is 16.3 Å². The molecule has 6 rings (SSSR count). The quantitative estimate of drug-likeness (QED) is 0.281. The third kappa shape index (κ3) is 2.56. The van der Waals surface area contributed by atoms with Crippen molar-refractivity contribution < 1.29 is 4.42 Å². The van der Waals surface area contributed by atoms with Gasteiger partial charge in [-0.05, 0) is 45.7 Å². The van der Waals surface area contributed by atoms with Crippen LogP contribution in [0.15, 0.2) is 108 Å². The largest absolute Gasteiger partial charge is 0.456 e. The molecular formula is C28H17ClO. The van der Waals surface area contributed by atoms with E-state index < -0.39 is 0 Å². The van der Waals surface area contributed by atoms with Crippen LogP contribution in [0.25, 0.3) is 55.0 Å². The minimum absolute atomic E-state index is 0.732. The lowest BCUT2D eigenvalue weighted by molar-refractivity contribution is 0.669. The van der Waals surface area contributed by atoms with Crippen LogP contribution >= 0.6 is 11.6 Å². The summed E-state index contributed by atoms with van der Waals surface area (Å²) in [6.45, 7) is 0. The van der Waals surface area contributed by atoms with Crippen molar-refractivity contribution in [2.24, 2.45) is 0 Å². The lowest BCUT2D eigenvalue weighted by Gasteiger charge is -2.12. The van der Waals surface area contributed by atoms with Crippen LogP contribution in [0.5, 0.6) is 0 Å². The van der Waals surface area contributed by atoms with Crippen LogP contribution in [0.1, 0.15) is 0 Å². The molecule has 0 fully saturated rings. The maximum atomic E-state index is 6.99. The standard InChI is InChI=1S/C28H17ClO/c29-28-23(16-17-26-27(28)24-10-4-5-15-25(24)30-26)22-14-7-12-20-19(11-6-13-21(20)22)18-8-2-1-3-9-18/h1-17H. The van der Waals surface area contributed by atoms with Gasteiger partial charge in [-0.15, -0.1) is 0 Å². The van der Waals surface area contributed by atoms with E-state index in [1.807, 2.05) is 30.3 Å². The van der Waals surface area contributed by atoms with Gasteiger partial charge in [-0.2, -0.15) is 0 Å². The van der Waals surface area contributed by atoms with E-state index in [1.165, 1.54) is 21.9 Å². The van der Waals surface area contributed by atoms with Crippen molar-refractivity contribution in [3.63, 3.8) is 0 Å². The first kappa shape index (κ1) is 17.3. The van der Waals surface area contributed by atoms with Crippen molar-refractivity contribution in [2.45, 2.75) is 0 Å². The molecule has 6 aromatic rings. The predicted octanol–water partition coefficient (Wildman–Crippen LogP) is 8.73. The van der Waals surface area contributed by atoms with Crippen LogP contribution in [0, 0.1) is 0 Å². The molecule has 0 saturated heterocycles. The van der Waals surface area contributed by atoms with Crippen LogP contribution in [0.2, 0.25) is 5.02 Å². The maximum Gasteiger partial charge on any atom is 0.136 e. The zero-order valence-electron chi connectivity index (χ0n) is 16.1. The number of hydrogen-bond donors (Lipinski definition) is 0. The summed E-state index contributed by atoms with van der Waals surface area (Å²) in [6.07, 6.45) is 0. The van der Waals surface area contributed by atoms with E-state index >= 15 is 0 Å². The first-order valence-electron chi connectivity index (χ1n) is 9.98. The van der Waals surface area contributed by atoms with Gasteiger partial charge in [-0.1, -0.05) is 96.5 Å². The summed E-state index contributed by atoms with van der Waals surface area (Å²) in [4.78, 5) is 0. The fourth-order valence-electron chi connectivity index (χ4n) is 4.40. The number of furan rings is 1. The summed E-state index contributed by atoms with van der Waals surface area (Å²) in [7, 11) is 0. The topological polar surface area (TPSA) is 13.1 Å². The molecule has 0 aliphatic rings. The maximum absolute atomic E-state index is 6.99. The summed E-state index contributed by atoms with van der Waals surface area (Å²) in [5.41, 5.74) is 6.25. The third-order valence-corrected chi connectivity index (χ3v) is 6.17. The van der Waals surface area contributed by atoms with Gasteiger partial charge in [0.05, 0.1) is 5.02 Å². The highest BCUT2D eigenvalue weighted by Crippen LogP contribution is 2.42. The van der Waals surface area contributed by atoms with Gasteiger partial charge in [0.1, 0.15) is 11.2 Å². The Kier molecular flexibility index (Phi) is 3.90. The fraction of sp³-hybridized carbons (Fsp3) is 0. The predicted molar refractivity (Wildman–Crippen MR) is 127 cm³/mol. The molecule has 0 radical (unpaired) electrons. The van der Waals surface area contributed by atoms with Crippen molar-refractivity contribution in [1.82, 2.24) is 0 Å². The molecule has 0 spiro atoms. The molecule has 0 bridgehead atoms. The van der Waals surface area contributed by atoms with Crippen LogP contribution in [0.3, 0.4) is 0 Å². The monoisotopic (exact) mass is 404 g/mol. The van der Waals surface area contributed by atoms with E-state index in [9.17, 15) is 0 Å². The molecule has 0 saturated carbocycles. The van der Waals surface area contributed by atoms with Gasteiger partial charge >= 0.3 is 0 Å². The Balaban J connectivity index is 1.65. The zero-order valence-corrected chi connectivity index (χ0v) is 16.9. The van der Waals surface area contributed by atoms with Gasteiger partial charge in [0.2, 0.25) is 0 Å². The van der Waals surface area contributed by atoms with Crippen molar-refractivity contribution in [3.8, 4) is 22.3 Å². The highest BCUT2D eigenvalue weighted by atomic mass is 35.5. The van der Waals surface area contributed by atoms with Crippen LogP contribution in [-0.2, 0) is 0 Å². The second-order valence-electron chi connectivity index (χ2n) is 7.47. The van der Waals surface area contributed by atoms with E-state index in [-0.39, 0.29) is 0 Å². The molecule has 0 N–H and O–H groups in total. The van der Waals surface area contributed by atoms with Crippen LogP contribution < -0.4 is 0 Å². The Morgan fingerprint density at radius 2 is 1.13 bits per heavy atom. The van der Waals surface area contributed by atoms with Gasteiger partial charge < -0.3 is 4.42 Å². The number of halogens is 1. The molecule has 0 aliphatic heterocycles. The minimum Gasteiger partial charge on any atom is -0.456 e. The SMILES string of the molecule is Clc1c(-c2cccc3c(-c4ccccc4)cccc23)ccc2oc3ccccc3c12. The van der Waals surface area contributed by atoms with Gasteiger partial charge in [-0.25, -0.2) is 0 Å². The van der Waals surface area contributed by atoms with Gasteiger partial charge in [0.25, 0.3) is 0 Å². The summed E-state index contributed by atoms with van der Waals surface area (Å²) in [5, 5.41) is 5.16. The van der Waals surface area contributed by atoms with E-state index in [0.717, 1.165) is 38.1 Å². The Bertz CT molecular complexity index is 1540. The van der Waals surface area contributed by atoms with E-state index in [1.54, 1.807) is 0 Å². The van der Waals surface area contributed by atoms with Crippen molar-refractivity contribution in [3.05, 3.63) is 108 Å². The number of fused-ring (bicyclic) bond motifs is 4. The van der Waals surface area contributed by atoms with Gasteiger partial charge in [-0.3, -0.25) is 0 Å². The molecule has 142 valence electrons. The van der Waals surface area contributed by atoms with E-state index in [0.29, 0.717) is 0 Å². The summed E-state index contributed by atoms with van der Waals surface area (Å²) >= 11 is 6.99. The van der Waals surface area contributed by atoms with E-state index in [2.05, 4.69) is 72.8 Å². The van der Waals surface area contributed by atoms with Crippen LogP contribution in [0.4, 0.5) is 0 Å². The molecule has 1 aromatic heterocycles. The third-order valence-electron chi connectivity index (χ3n) is 5.78. The molecule has 0 atom stereocenters. The highest BCUT2D eigenvalue weighted by Gasteiger charge is 2.16. The summed E-state index contributed by atoms with van der Waals surface area (Å²) in [5.74, 6) is 0. The van der Waals surface area contributed by atoms with Crippen molar-refractivity contribution in [2.75, 3.05) is 0 Å². The molecule has 5 aromatic carbocycles. The van der Waals surface area contributed by atoms with Crippen molar-refractivity contribution >= 4 is 44.3 Å².